The number of anilines is 1. The molecule has 184 valence electrons. The Hall–Kier alpha value is -2.91. The molecule has 4 rings (SSSR count). The summed E-state index contributed by atoms with van der Waals surface area (Å²) in [7, 11) is 0. The van der Waals surface area contributed by atoms with Gasteiger partial charge in [0.15, 0.2) is 0 Å². The Balaban J connectivity index is 1.17. The van der Waals surface area contributed by atoms with E-state index in [4.69, 9.17) is 4.74 Å². The zero-order chi connectivity index (χ0) is 23.6. The summed E-state index contributed by atoms with van der Waals surface area (Å²) in [5.41, 5.74) is 0.585. The van der Waals surface area contributed by atoms with Crippen molar-refractivity contribution in [2.45, 2.75) is 32.2 Å². The van der Waals surface area contributed by atoms with Gasteiger partial charge < -0.3 is 25.2 Å². The number of nitrogens with zero attached hydrogens (tertiary/aromatic N) is 4. The number of carbonyl (C=O) groups is 2. The molecular formula is C25H36N6O3. The van der Waals surface area contributed by atoms with Gasteiger partial charge in [0.05, 0.1) is 24.9 Å². The van der Waals surface area contributed by atoms with Crippen molar-refractivity contribution in [1.29, 1.82) is 0 Å². The lowest BCUT2D eigenvalue weighted by molar-refractivity contribution is -0.131. The van der Waals surface area contributed by atoms with Gasteiger partial charge in [0.25, 0.3) is 0 Å². The number of aromatic nitrogens is 2. The number of amides is 2. The Labute approximate surface area is 201 Å². The van der Waals surface area contributed by atoms with Gasteiger partial charge in [0.2, 0.25) is 11.8 Å². The summed E-state index contributed by atoms with van der Waals surface area (Å²) in [5, 5.41) is 10.5. The van der Waals surface area contributed by atoms with Crippen LogP contribution in [0.4, 0.5) is 5.69 Å². The fourth-order valence-corrected chi connectivity index (χ4v) is 4.59. The molecule has 0 unspecified atom stereocenters. The van der Waals surface area contributed by atoms with Gasteiger partial charge >= 0.3 is 0 Å². The molecule has 9 heteroatoms. The van der Waals surface area contributed by atoms with Crippen LogP contribution in [0.1, 0.15) is 25.7 Å². The third kappa shape index (κ3) is 7.56. The third-order valence-electron chi connectivity index (χ3n) is 6.47. The number of hydrogen-bond donors (Lipinski definition) is 2. The van der Waals surface area contributed by atoms with Gasteiger partial charge in [-0.3, -0.25) is 14.3 Å². The highest BCUT2D eigenvalue weighted by Gasteiger charge is 2.22. The molecule has 2 amide bonds. The summed E-state index contributed by atoms with van der Waals surface area (Å²) in [5.74, 6) is 1.43. The Bertz CT molecular complexity index is 912. The van der Waals surface area contributed by atoms with E-state index in [0.29, 0.717) is 12.3 Å². The van der Waals surface area contributed by atoms with Crippen molar-refractivity contribution in [3.63, 3.8) is 0 Å². The summed E-state index contributed by atoms with van der Waals surface area (Å²) >= 11 is 0. The van der Waals surface area contributed by atoms with Crippen LogP contribution < -0.4 is 15.4 Å². The second-order valence-electron chi connectivity index (χ2n) is 9.11. The molecular weight excluding hydrogens is 432 g/mol. The Kier molecular flexibility index (Phi) is 8.92. The van der Waals surface area contributed by atoms with Gasteiger partial charge in [-0.2, -0.15) is 5.10 Å². The maximum Gasteiger partial charge on any atom is 0.244 e. The van der Waals surface area contributed by atoms with Crippen molar-refractivity contribution in [3.8, 4) is 5.75 Å². The predicted octanol–water partition coefficient (Wildman–Crippen LogP) is 1.82. The summed E-state index contributed by atoms with van der Waals surface area (Å²) in [6, 6.07) is 9.41. The molecule has 1 aromatic carbocycles. The van der Waals surface area contributed by atoms with E-state index < -0.39 is 0 Å². The molecule has 3 heterocycles. The van der Waals surface area contributed by atoms with Crippen LogP contribution in [0, 0.1) is 5.92 Å². The number of para-hydroxylation sites is 1. The van der Waals surface area contributed by atoms with Crippen molar-refractivity contribution in [1.82, 2.24) is 24.9 Å². The van der Waals surface area contributed by atoms with Crippen molar-refractivity contribution in [2.75, 3.05) is 57.7 Å². The first-order chi connectivity index (χ1) is 16.7. The largest absolute Gasteiger partial charge is 0.493 e. The van der Waals surface area contributed by atoms with Crippen LogP contribution >= 0.6 is 0 Å². The summed E-state index contributed by atoms with van der Waals surface area (Å²) < 4.78 is 7.15. The first kappa shape index (κ1) is 24.2. The highest BCUT2D eigenvalue weighted by Crippen LogP contribution is 2.15. The molecule has 0 radical (unpaired) electrons. The lowest BCUT2D eigenvalue weighted by atomic mass is 9.97. The monoisotopic (exact) mass is 468 g/mol. The molecule has 34 heavy (non-hydrogen) atoms. The van der Waals surface area contributed by atoms with Gasteiger partial charge in [0.1, 0.15) is 12.3 Å². The van der Waals surface area contributed by atoms with Crippen LogP contribution in [0.15, 0.2) is 42.7 Å². The molecule has 0 atom stereocenters. The summed E-state index contributed by atoms with van der Waals surface area (Å²) in [6.07, 6.45) is 7.01. The van der Waals surface area contributed by atoms with Gasteiger partial charge in [-0.05, 0) is 56.9 Å². The van der Waals surface area contributed by atoms with Gasteiger partial charge in [0, 0.05) is 32.4 Å². The quantitative estimate of drug-likeness (QED) is 0.583. The van der Waals surface area contributed by atoms with E-state index in [1.54, 1.807) is 17.1 Å². The van der Waals surface area contributed by atoms with E-state index in [2.05, 4.69) is 20.6 Å². The highest BCUT2D eigenvalue weighted by atomic mass is 16.5. The number of piperidine rings is 1. The average Bonchev–Trinajstić information content (AvgIpc) is 3.14. The van der Waals surface area contributed by atoms with Crippen LogP contribution in [-0.4, -0.2) is 83.8 Å². The second kappa shape index (κ2) is 12.5. The van der Waals surface area contributed by atoms with Crippen LogP contribution in [-0.2, 0) is 16.1 Å². The van der Waals surface area contributed by atoms with Crippen LogP contribution in [0.2, 0.25) is 0 Å². The minimum absolute atomic E-state index is 0.0703. The van der Waals surface area contributed by atoms with Crippen LogP contribution in [0.3, 0.4) is 0 Å². The lowest BCUT2D eigenvalue weighted by Gasteiger charge is -2.29. The van der Waals surface area contributed by atoms with Gasteiger partial charge in [-0.15, -0.1) is 0 Å². The van der Waals surface area contributed by atoms with Gasteiger partial charge in [-0.25, -0.2) is 0 Å². The number of nitrogens with one attached hydrogen (secondary N) is 2. The Morgan fingerprint density at radius 2 is 1.91 bits per heavy atom. The van der Waals surface area contributed by atoms with E-state index in [1.807, 2.05) is 35.2 Å². The van der Waals surface area contributed by atoms with Crippen LogP contribution in [0.25, 0.3) is 0 Å². The maximum atomic E-state index is 12.9. The van der Waals surface area contributed by atoms with Crippen LogP contribution in [0.5, 0.6) is 5.75 Å². The number of ether oxygens (including phenoxy) is 1. The maximum absolute atomic E-state index is 12.9. The minimum atomic E-state index is -0.150. The van der Waals surface area contributed by atoms with Crippen molar-refractivity contribution < 1.29 is 14.3 Å². The molecule has 0 aliphatic carbocycles. The average molecular weight is 469 g/mol. The van der Waals surface area contributed by atoms with E-state index in [1.165, 1.54) is 12.8 Å². The van der Waals surface area contributed by atoms with E-state index in [0.717, 1.165) is 63.9 Å². The number of benzene rings is 1. The molecule has 1 aromatic heterocycles. The smallest absolute Gasteiger partial charge is 0.244 e. The number of rotatable bonds is 9. The molecule has 2 aliphatic rings. The fraction of sp³-hybridized carbons (Fsp3) is 0.560. The molecule has 0 bridgehead atoms. The molecule has 2 N–H and O–H groups in total. The molecule has 0 saturated carbocycles. The first-order valence-electron chi connectivity index (χ1n) is 12.4. The molecule has 0 spiro atoms. The molecule has 2 saturated heterocycles. The topological polar surface area (TPSA) is 91.7 Å². The van der Waals surface area contributed by atoms with Crippen molar-refractivity contribution in [2.24, 2.45) is 5.92 Å². The fourth-order valence-electron chi connectivity index (χ4n) is 4.59. The van der Waals surface area contributed by atoms with E-state index >= 15 is 0 Å². The minimum Gasteiger partial charge on any atom is -0.493 e. The standard InChI is InChI=1S/C25H36N6O3/c32-24(9-16-34-23-5-2-1-3-6-23)28-22-17-27-31(19-22)20-25(33)30-13-4-12-29(14-15-30)18-21-7-10-26-11-8-21/h1-3,5-6,17,19,21,26H,4,7-16,18,20H2,(H,28,32). The first-order valence-corrected chi connectivity index (χ1v) is 12.4. The Morgan fingerprint density at radius 1 is 1.09 bits per heavy atom. The molecule has 2 fully saturated rings. The molecule has 9 nitrogen and oxygen atoms in total. The number of carbonyl (C=O) groups excluding carboxylic acids is 2. The number of hydrogen-bond acceptors (Lipinski definition) is 6. The zero-order valence-corrected chi connectivity index (χ0v) is 19.8. The SMILES string of the molecule is O=C(CCOc1ccccc1)Nc1cnn(CC(=O)N2CCCN(CC3CCNCC3)CC2)c1. The predicted molar refractivity (Wildman–Crippen MR) is 131 cm³/mol. The molecule has 2 aromatic rings. The van der Waals surface area contributed by atoms with Crippen molar-refractivity contribution >= 4 is 17.5 Å². The van der Waals surface area contributed by atoms with Gasteiger partial charge in [-0.1, -0.05) is 18.2 Å². The summed E-state index contributed by atoms with van der Waals surface area (Å²) in [4.78, 5) is 29.5. The third-order valence-corrected chi connectivity index (χ3v) is 6.47. The second-order valence-corrected chi connectivity index (χ2v) is 9.11. The van der Waals surface area contributed by atoms with E-state index in [9.17, 15) is 9.59 Å². The normalized spacial score (nSPS) is 17.8. The lowest BCUT2D eigenvalue weighted by Crippen LogP contribution is -2.39. The molecule has 2 aliphatic heterocycles. The highest BCUT2D eigenvalue weighted by molar-refractivity contribution is 5.90. The van der Waals surface area contributed by atoms with Crippen molar-refractivity contribution in [3.05, 3.63) is 42.7 Å². The summed E-state index contributed by atoms with van der Waals surface area (Å²) in [6.45, 7) is 7.40. The Morgan fingerprint density at radius 3 is 2.74 bits per heavy atom. The van der Waals surface area contributed by atoms with E-state index in [-0.39, 0.29) is 24.8 Å². The zero-order valence-electron chi connectivity index (χ0n) is 19.8.